The van der Waals surface area contributed by atoms with Crippen LogP contribution in [0, 0.1) is 17.6 Å². The Bertz CT molecular complexity index is 744. The molecule has 2 nitrogen and oxygen atoms in total. The van der Waals surface area contributed by atoms with Crippen LogP contribution in [0.4, 0.5) is 8.78 Å². The Labute approximate surface area is 166 Å². The van der Waals surface area contributed by atoms with E-state index in [1.165, 1.54) is 31.4 Å². The molecule has 0 heterocycles. The van der Waals surface area contributed by atoms with Crippen LogP contribution in [0.2, 0.25) is 0 Å². The zero-order valence-corrected chi connectivity index (χ0v) is 17.1. The van der Waals surface area contributed by atoms with Crippen molar-refractivity contribution in [2.45, 2.75) is 59.3 Å². The molecule has 0 N–H and O–H groups in total. The maximum Gasteiger partial charge on any atom is 0.190 e. The van der Waals surface area contributed by atoms with Crippen LogP contribution in [0.3, 0.4) is 0 Å². The van der Waals surface area contributed by atoms with Crippen molar-refractivity contribution in [2.75, 3.05) is 6.61 Å². The molecule has 0 fully saturated rings. The van der Waals surface area contributed by atoms with Gasteiger partial charge in [-0.1, -0.05) is 77.1 Å². The normalized spacial score (nSPS) is 11.1. The van der Waals surface area contributed by atoms with E-state index in [1.54, 1.807) is 24.3 Å². The lowest BCUT2D eigenvalue weighted by atomic mass is 9.98. The molecule has 0 aliphatic rings. The summed E-state index contributed by atoms with van der Waals surface area (Å²) in [5.41, 5.74) is 1.67. The largest absolute Gasteiger partial charge is 0.488 e. The molecule has 0 radical (unpaired) electrons. The first-order chi connectivity index (χ1) is 13.4. The summed E-state index contributed by atoms with van der Waals surface area (Å²) >= 11 is 0. The van der Waals surface area contributed by atoms with E-state index in [0.717, 1.165) is 19.3 Å². The molecular weight excluding hydrogens is 358 g/mol. The highest BCUT2D eigenvalue weighted by Crippen LogP contribution is 2.29. The first kappa shape index (κ1) is 22.1. The molecule has 152 valence electrons. The smallest absolute Gasteiger partial charge is 0.190 e. The number of unbranched alkanes of at least 4 members (excludes halogenated alkanes) is 5. The highest BCUT2D eigenvalue weighted by atomic mass is 19.1. The maximum atomic E-state index is 14.4. The summed E-state index contributed by atoms with van der Waals surface area (Å²) < 4.78 is 34.1. The summed E-state index contributed by atoms with van der Waals surface area (Å²) in [6.07, 6.45) is 6.51. The van der Waals surface area contributed by atoms with Crippen LogP contribution in [0.5, 0.6) is 5.75 Å². The van der Waals surface area contributed by atoms with Gasteiger partial charge in [-0.3, -0.25) is 4.79 Å². The highest BCUT2D eigenvalue weighted by molar-refractivity contribution is 5.97. The predicted molar refractivity (Wildman–Crippen MR) is 110 cm³/mol. The molecule has 4 heteroatoms. The van der Waals surface area contributed by atoms with Crippen LogP contribution in [-0.4, -0.2) is 12.4 Å². The molecule has 0 bridgehead atoms. The molecule has 0 spiro atoms. The van der Waals surface area contributed by atoms with E-state index in [4.69, 9.17) is 4.74 Å². The summed E-state index contributed by atoms with van der Waals surface area (Å²) in [4.78, 5) is 12.0. The second-order valence-corrected chi connectivity index (χ2v) is 7.48. The van der Waals surface area contributed by atoms with Crippen molar-refractivity contribution >= 4 is 5.78 Å². The van der Waals surface area contributed by atoms with Gasteiger partial charge in [0, 0.05) is 11.5 Å². The van der Waals surface area contributed by atoms with E-state index >= 15 is 0 Å². The third kappa shape index (κ3) is 6.15. The molecule has 0 aliphatic carbocycles. The van der Waals surface area contributed by atoms with E-state index in [1.807, 2.05) is 13.8 Å². The maximum absolute atomic E-state index is 14.4. The first-order valence-corrected chi connectivity index (χ1v) is 10.2. The molecule has 2 rings (SSSR count). The molecule has 0 atom stereocenters. The van der Waals surface area contributed by atoms with Crippen molar-refractivity contribution < 1.29 is 18.3 Å². The van der Waals surface area contributed by atoms with E-state index in [9.17, 15) is 13.6 Å². The zero-order chi connectivity index (χ0) is 20.5. The van der Waals surface area contributed by atoms with Crippen molar-refractivity contribution in [3.8, 4) is 16.9 Å². The standard InChI is InChI=1S/C24H30F2O2/c1-4-5-6-7-8-9-14-28-24-21(25)15-20(16-22(24)26)18-10-12-19(13-11-18)23(27)17(2)3/h10-13,15-17H,4-9,14H2,1-3H3. The molecule has 0 saturated heterocycles. The van der Waals surface area contributed by atoms with Crippen molar-refractivity contribution in [2.24, 2.45) is 5.92 Å². The van der Waals surface area contributed by atoms with E-state index < -0.39 is 11.6 Å². The van der Waals surface area contributed by atoms with Gasteiger partial charge >= 0.3 is 0 Å². The number of halogens is 2. The number of rotatable bonds is 11. The van der Waals surface area contributed by atoms with Gasteiger partial charge in [0.2, 0.25) is 0 Å². The van der Waals surface area contributed by atoms with Gasteiger partial charge in [-0.15, -0.1) is 0 Å². The molecular formula is C24H30F2O2. The van der Waals surface area contributed by atoms with E-state index in [2.05, 4.69) is 6.92 Å². The third-order valence-corrected chi connectivity index (χ3v) is 4.77. The fraction of sp³-hybridized carbons (Fsp3) is 0.458. The molecule has 0 aromatic heterocycles. The van der Waals surface area contributed by atoms with Crippen molar-refractivity contribution in [3.05, 3.63) is 53.6 Å². The Balaban J connectivity index is 2.00. The van der Waals surface area contributed by atoms with Crippen LogP contribution in [-0.2, 0) is 0 Å². The van der Waals surface area contributed by atoms with Crippen molar-refractivity contribution in [3.63, 3.8) is 0 Å². The highest BCUT2D eigenvalue weighted by Gasteiger charge is 2.15. The number of carbonyl (C=O) groups is 1. The Hall–Kier alpha value is -2.23. The molecule has 2 aromatic rings. The van der Waals surface area contributed by atoms with Crippen molar-refractivity contribution in [1.82, 2.24) is 0 Å². The number of ether oxygens (including phenoxy) is 1. The van der Waals surface area contributed by atoms with Gasteiger partial charge in [0.1, 0.15) is 0 Å². The number of carbonyl (C=O) groups excluding carboxylic acids is 1. The van der Waals surface area contributed by atoms with Crippen LogP contribution >= 0.6 is 0 Å². The quantitative estimate of drug-likeness (QED) is 0.300. The minimum Gasteiger partial charge on any atom is -0.488 e. The summed E-state index contributed by atoms with van der Waals surface area (Å²) in [7, 11) is 0. The average Bonchev–Trinajstić information content (AvgIpc) is 2.68. The molecule has 0 unspecified atom stereocenters. The lowest BCUT2D eigenvalue weighted by Crippen LogP contribution is -2.06. The monoisotopic (exact) mass is 388 g/mol. The second-order valence-electron chi connectivity index (χ2n) is 7.48. The molecule has 0 amide bonds. The van der Waals surface area contributed by atoms with Gasteiger partial charge in [0.25, 0.3) is 0 Å². The van der Waals surface area contributed by atoms with Gasteiger partial charge in [-0.25, -0.2) is 8.78 Å². The zero-order valence-electron chi connectivity index (χ0n) is 17.1. The fourth-order valence-electron chi connectivity index (χ4n) is 3.08. The minimum absolute atomic E-state index is 0.0438. The first-order valence-electron chi connectivity index (χ1n) is 10.2. The lowest BCUT2D eigenvalue weighted by Gasteiger charge is -2.11. The number of benzene rings is 2. The van der Waals surface area contributed by atoms with Crippen LogP contribution < -0.4 is 4.74 Å². The van der Waals surface area contributed by atoms with E-state index in [0.29, 0.717) is 23.3 Å². The van der Waals surface area contributed by atoms with E-state index in [-0.39, 0.29) is 17.5 Å². The van der Waals surface area contributed by atoms with Gasteiger partial charge in [-0.05, 0) is 29.7 Å². The van der Waals surface area contributed by atoms with Crippen molar-refractivity contribution in [1.29, 1.82) is 0 Å². The second kappa shape index (κ2) is 10.9. The Kier molecular flexibility index (Phi) is 8.62. The summed E-state index contributed by atoms with van der Waals surface area (Å²) in [6, 6.07) is 9.35. The van der Waals surface area contributed by atoms with Crippen LogP contribution in [0.15, 0.2) is 36.4 Å². The summed E-state index contributed by atoms with van der Waals surface area (Å²) in [6.45, 7) is 6.15. The van der Waals surface area contributed by atoms with Crippen LogP contribution in [0.25, 0.3) is 11.1 Å². The molecule has 0 saturated carbocycles. The number of ketones is 1. The third-order valence-electron chi connectivity index (χ3n) is 4.77. The average molecular weight is 388 g/mol. The number of Topliss-reactive ketones (excluding diaryl/α,β-unsaturated/α-hetero) is 1. The number of hydrogen-bond acceptors (Lipinski definition) is 2. The van der Waals surface area contributed by atoms with Gasteiger partial charge in [-0.2, -0.15) is 0 Å². The summed E-state index contributed by atoms with van der Waals surface area (Å²) in [5, 5.41) is 0. The Morgan fingerprint density at radius 1 is 0.893 bits per heavy atom. The molecule has 0 aliphatic heterocycles. The minimum atomic E-state index is -0.705. The fourth-order valence-corrected chi connectivity index (χ4v) is 3.08. The topological polar surface area (TPSA) is 26.3 Å². The molecule has 2 aromatic carbocycles. The van der Waals surface area contributed by atoms with Gasteiger partial charge < -0.3 is 4.74 Å². The van der Waals surface area contributed by atoms with Gasteiger partial charge in [0.05, 0.1) is 6.61 Å². The van der Waals surface area contributed by atoms with Crippen LogP contribution in [0.1, 0.15) is 69.7 Å². The molecule has 28 heavy (non-hydrogen) atoms. The predicted octanol–water partition coefficient (Wildman–Crippen LogP) is 7.21. The Morgan fingerprint density at radius 2 is 1.46 bits per heavy atom. The SMILES string of the molecule is CCCCCCCCOc1c(F)cc(-c2ccc(C(=O)C(C)C)cc2)cc1F. The number of hydrogen-bond donors (Lipinski definition) is 0. The van der Waals surface area contributed by atoms with Gasteiger partial charge in [0.15, 0.2) is 23.2 Å². The summed E-state index contributed by atoms with van der Waals surface area (Å²) in [5.74, 6) is -1.78. The Morgan fingerprint density at radius 3 is 2.04 bits per heavy atom. The lowest BCUT2D eigenvalue weighted by molar-refractivity contribution is 0.0939.